The van der Waals surface area contributed by atoms with Crippen LogP contribution in [0.25, 0.3) is 0 Å². The molecular formula is C21H36BrLiO5. The minimum Gasteiger partial charge on any atom is -1.00 e. The monoisotopic (exact) mass is 454 g/mol. The van der Waals surface area contributed by atoms with E-state index in [0.29, 0.717) is 38.0 Å². The molecule has 0 saturated heterocycles. The molecule has 0 aromatic carbocycles. The van der Waals surface area contributed by atoms with Gasteiger partial charge in [0.05, 0.1) is 0 Å². The van der Waals surface area contributed by atoms with Crippen LogP contribution in [0.3, 0.4) is 0 Å². The second-order valence-corrected chi connectivity index (χ2v) is 7.85. The average Bonchev–Trinajstić information content (AvgIpc) is 2.95. The number of rotatable bonds is 13. The number of Topliss-reactive ketones (excluding diaryl/α,β-unsaturated/α-hetero) is 1. The second kappa shape index (κ2) is 16.4. The molecule has 5 nitrogen and oxygen atoms in total. The van der Waals surface area contributed by atoms with Gasteiger partial charge in [-0.15, -0.1) is 0 Å². The van der Waals surface area contributed by atoms with Crippen molar-refractivity contribution < 1.29 is 60.8 Å². The summed E-state index contributed by atoms with van der Waals surface area (Å²) >= 11 is 0. The van der Waals surface area contributed by atoms with Crippen LogP contribution in [-0.2, 0) is 9.59 Å². The van der Waals surface area contributed by atoms with Gasteiger partial charge in [0.15, 0.2) is 0 Å². The average molecular weight is 455 g/mol. The quantitative estimate of drug-likeness (QED) is 0.199. The molecule has 0 aliphatic heterocycles. The zero-order chi connectivity index (χ0) is 19.5. The van der Waals surface area contributed by atoms with Crippen molar-refractivity contribution in [3.05, 3.63) is 11.5 Å². The molecule has 0 spiro atoms. The molecule has 0 amide bonds. The smallest absolute Gasteiger partial charge is 1.00 e. The van der Waals surface area contributed by atoms with Crippen LogP contribution in [0.5, 0.6) is 0 Å². The largest absolute Gasteiger partial charge is 1.00 e. The van der Waals surface area contributed by atoms with E-state index in [-0.39, 0.29) is 71.4 Å². The number of hydrogen-bond donors (Lipinski definition) is 3. The Morgan fingerprint density at radius 3 is 2.36 bits per heavy atom. The summed E-state index contributed by atoms with van der Waals surface area (Å²) < 4.78 is 0. The van der Waals surface area contributed by atoms with E-state index in [9.17, 15) is 19.8 Å². The number of ketones is 1. The number of unbranched alkanes of at least 4 members (excludes halogenated alkanes) is 4. The zero-order valence-corrected chi connectivity index (χ0v) is 19.3. The van der Waals surface area contributed by atoms with Gasteiger partial charge in [-0.25, -0.2) is 0 Å². The van der Waals surface area contributed by atoms with Gasteiger partial charge >= 0.3 is 24.8 Å². The molecule has 1 unspecified atom stereocenters. The van der Waals surface area contributed by atoms with Gasteiger partial charge in [0.2, 0.25) is 0 Å². The van der Waals surface area contributed by atoms with Crippen LogP contribution in [0.15, 0.2) is 11.5 Å². The summed E-state index contributed by atoms with van der Waals surface area (Å²) in [6.07, 6.45) is 8.97. The first-order valence-electron chi connectivity index (χ1n) is 10.2. The zero-order valence-electron chi connectivity index (χ0n) is 17.8. The Balaban J connectivity index is 0. The molecule has 0 aromatic heterocycles. The molecule has 1 aliphatic carbocycles. The predicted molar refractivity (Wildman–Crippen MR) is 102 cm³/mol. The number of allylic oxidation sites excluding steroid dienone is 2. The predicted octanol–water partition coefficient (Wildman–Crippen LogP) is -0.441. The van der Waals surface area contributed by atoms with Gasteiger partial charge < -0.3 is 32.3 Å². The van der Waals surface area contributed by atoms with Crippen molar-refractivity contribution in [3.63, 3.8) is 0 Å². The summed E-state index contributed by atoms with van der Waals surface area (Å²) in [4.78, 5) is 22.7. The second-order valence-electron chi connectivity index (χ2n) is 7.85. The van der Waals surface area contributed by atoms with E-state index in [1.165, 1.54) is 0 Å². The number of carboxylic acids is 1. The molecule has 1 rings (SSSR count). The number of carboxylic acid groups (broad SMARTS) is 1. The molecule has 3 N–H and O–H groups in total. The molecular weight excluding hydrogens is 419 g/mol. The summed E-state index contributed by atoms with van der Waals surface area (Å²) in [6, 6.07) is 0. The van der Waals surface area contributed by atoms with E-state index in [1.54, 1.807) is 0 Å². The summed E-state index contributed by atoms with van der Waals surface area (Å²) in [7, 11) is 0. The summed E-state index contributed by atoms with van der Waals surface area (Å²) in [5, 5.41) is 29.4. The molecule has 1 saturated carbocycles. The first-order valence-corrected chi connectivity index (χ1v) is 10.2. The van der Waals surface area contributed by atoms with Crippen molar-refractivity contribution in [2.75, 3.05) is 0 Å². The molecule has 0 radical (unpaired) electrons. The third kappa shape index (κ3) is 10.9. The van der Waals surface area contributed by atoms with E-state index >= 15 is 0 Å². The van der Waals surface area contributed by atoms with Crippen molar-refractivity contribution in [1.82, 2.24) is 0 Å². The fourth-order valence-electron chi connectivity index (χ4n) is 3.90. The van der Waals surface area contributed by atoms with Gasteiger partial charge in [-0.05, 0) is 25.2 Å². The molecule has 0 bridgehead atoms. The van der Waals surface area contributed by atoms with Gasteiger partial charge in [-0.3, -0.25) is 9.59 Å². The van der Waals surface area contributed by atoms with Crippen LogP contribution in [0.4, 0.5) is 0 Å². The standard InChI is InChI=1S/C21H36O5.BrH.Li/c1-3-4-9-15(2)14-19(23)21(26)17-12-13-18(22)16(17)10-7-5-6-8-11-20(24)25;;/h15-17,23,26H,3-14H2,1-2H3,(H,24,25);1H;/q;;+1/p-1/b21-19+;;/t15?,16-,17+;;/m1../s1. The van der Waals surface area contributed by atoms with Crippen LogP contribution >= 0.6 is 0 Å². The molecule has 3 atom stereocenters. The molecule has 158 valence electrons. The first-order chi connectivity index (χ1) is 12.4. The Bertz CT molecular complexity index is 495. The maximum atomic E-state index is 12.2. The minimum atomic E-state index is -0.769. The number of aliphatic hydroxyl groups is 2. The van der Waals surface area contributed by atoms with Crippen LogP contribution in [0, 0.1) is 17.8 Å². The summed E-state index contributed by atoms with van der Waals surface area (Å²) in [6.45, 7) is 4.21. The normalized spacial score (nSPS) is 20.7. The van der Waals surface area contributed by atoms with E-state index in [1.807, 2.05) is 0 Å². The van der Waals surface area contributed by atoms with Crippen molar-refractivity contribution in [2.45, 2.75) is 90.9 Å². The van der Waals surface area contributed by atoms with Crippen molar-refractivity contribution in [2.24, 2.45) is 17.8 Å². The Morgan fingerprint density at radius 1 is 1.11 bits per heavy atom. The number of aliphatic hydroxyl groups excluding tert-OH is 2. The van der Waals surface area contributed by atoms with Crippen LogP contribution in [0.1, 0.15) is 90.9 Å². The molecule has 7 heteroatoms. The number of aliphatic carboxylic acids is 1. The number of halogens is 1. The van der Waals surface area contributed by atoms with Crippen LogP contribution < -0.4 is 35.8 Å². The fraction of sp³-hybridized carbons (Fsp3) is 0.810. The van der Waals surface area contributed by atoms with Crippen molar-refractivity contribution in [1.29, 1.82) is 0 Å². The van der Waals surface area contributed by atoms with Crippen LogP contribution in [0.2, 0.25) is 0 Å². The molecule has 1 fully saturated rings. The van der Waals surface area contributed by atoms with E-state index in [0.717, 1.165) is 38.5 Å². The van der Waals surface area contributed by atoms with E-state index in [2.05, 4.69) is 13.8 Å². The topological polar surface area (TPSA) is 94.8 Å². The van der Waals surface area contributed by atoms with Gasteiger partial charge in [0.1, 0.15) is 17.3 Å². The third-order valence-corrected chi connectivity index (χ3v) is 5.50. The van der Waals surface area contributed by atoms with Crippen molar-refractivity contribution in [3.8, 4) is 0 Å². The van der Waals surface area contributed by atoms with Gasteiger partial charge in [-0.1, -0.05) is 52.4 Å². The Morgan fingerprint density at radius 2 is 1.75 bits per heavy atom. The molecule has 0 aromatic rings. The molecule has 1 aliphatic rings. The number of carbonyl (C=O) groups excluding carboxylic acids is 1. The maximum absolute atomic E-state index is 12.2. The SMILES string of the molecule is CCCCC(C)C/C(O)=C(\O)[C@H]1CCC(=O)[C@@H]1CCCCCCC(=O)O.[Br-].[Li+]. The molecule has 28 heavy (non-hydrogen) atoms. The fourth-order valence-corrected chi connectivity index (χ4v) is 3.90. The number of hydrogen-bond acceptors (Lipinski definition) is 4. The summed E-state index contributed by atoms with van der Waals surface area (Å²) in [5.74, 6) is -0.646. The van der Waals surface area contributed by atoms with Crippen LogP contribution in [-0.4, -0.2) is 27.1 Å². The number of carbonyl (C=O) groups is 2. The Labute approximate surface area is 192 Å². The maximum Gasteiger partial charge on any atom is 1.00 e. The van der Waals surface area contributed by atoms with Gasteiger partial charge in [-0.2, -0.15) is 0 Å². The first kappa shape index (κ1) is 29.8. The van der Waals surface area contributed by atoms with Crippen molar-refractivity contribution >= 4 is 11.8 Å². The third-order valence-electron chi connectivity index (χ3n) is 5.50. The Hall–Kier alpha value is -0.443. The Kier molecular flexibility index (Phi) is 17.4. The van der Waals surface area contributed by atoms with Gasteiger partial charge in [0, 0.05) is 31.1 Å². The van der Waals surface area contributed by atoms with Gasteiger partial charge in [0.25, 0.3) is 0 Å². The summed E-state index contributed by atoms with van der Waals surface area (Å²) in [5.41, 5.74) is 0. The van der Waals surface area contributed by atoms with E-state index in [4.69, 9.17) is 5.11 Å². The molecule has 0 heterocycles. The van der Waals surface area contributed by atoms with E-state index < -0.39 is 5.97 Å². The minimum absolute atomic E-state index is 0.